The topological polar surface area (TPSA) is 29.5 Å². The van der Waals surface area contributed by atoms with E-state index in [1.807, 2.05) is 35.2 Å². The van der Waals surface area contributed by atoms with Gasteiger partial charge in [-0.1, -0.05) is 48.5 Å². The Morgan fingerprint density at radius 3 is 2.03 bits per heavy atom. The van der Waals surface area contributed by atoms with E-state index in [0.29, 0.717) is 23.7 Å². The first-order chi connectivity index (χ1) is 15.3. The fourth-order valence-electron chi connectivity index (χ4n) is 6.88. The highest BCUT2D eigenvalue weighted by molar-refractivity contribution is 5.83. The van der Waals surface area contributed by atoms with Crippen molar-refractivity contribution < 1.29 is 9.53 Å². The van der Waals surface area contributed by atoms with Gasteiger partial charge < -0.3 is 9.64 Å². The minimum absolute atomic E-state index is 0.164. The van der Waals surface area contributed by atoms with Crippen molar-refractivity contribution in [3.8, 4) is 5.75 Å². The number of hydrogen-bond donors (Lipinski definition) is 0. The number of fused-ring (bicyclic) bond motifs is 1. The van der Waals surface area contributed by atoms with Crippen LogP contribution in [0, 0.1) is 29.6 Å². The van der Waals surface area contributed by atoms with Crippen molar-refractivity contribution in [2.45, 2.75) is 50.5 Å². The summed E-state index contributed by atoms with van der Waals surface area (Å²) >= 11 is 0. The molecule has 6 rings (SSSR count). The predicted molar refractivity (Wildman–Crippen MR) is 122 cm³/mol. The lowest BCUT2D eigenvalue weighted by molar-refractivity contribution is -0.142. The van der Waals surface area contributed by atoms with Crippen LogP contribution < -0.4 is 4.74 Å². The third-order valence-corrected chi connectivity index (χ3v) is 8.68. The highest BCUT2D eigenvalue weighted by Gasteiger charge is 2.61. The van der Waals surface area contributed by atoms with E-state index < -0.39 is 0 Å². The molecule has 1 heterocycles. The van der Waals surface area contributed by atoms with E-state index in [4.69, 9.17) is 4.74 Å². The van der Waals surface area contributed by atoms with Gasteiger partial charge in [-0.05, 0) is 85.8 Å². The van der Waals surface area contributed by atoms with Crippen LogP contribution in [-0.2, 0) is 4.79 Å². The molecule has 3 nitrogen and oxygen atoms in total. The number of amides is 1. The van der Waals surface area contributed by atoms with Gasteiger partial charge in [0.2, 0.25) is 5.91 Å². The second-order valence-corrected chi connectivity index (χ2v) is 10.4. The van der Waals surface area contributed by atoms with Gasteiger partial charge in [0.1, 0.15) is 11.9 Å². The Morgan fingerprint density at radius 2 is 1.39 bits per heavy atom. The number of carbonyl (C=O) groups is 1. The van der Waals surface area contributed by atoms with Gasteiger partial charge in [-0.25, -0.2) is 0 Å². The van der Waals surface area contributed by atoms with Gasteiger partial charge in [-0.2, -0.15) is 0 Å². The van der Waals surface area contributed by atoms with Crippen LogP contribution in [0.1, 0.15) is 50.0 Å². The van der Waals surface area contributed by atoms with Gasteiger partial charge in [0.05, 0.1) is 13.1 Å². The zero-order valence-corrected chi connectivity index (χ0v) is 18.2. The summed E-state index contributed by atoms with van der Waals surface area (Å²) in [6, 6.07) is 21.0. The molecule has 2 aromatic carbocycles. The van der Waals surface area contributed by atoms with E-state index >= 15 is 0 Å². The normalized spacial score (nSPS) is 34.6. The summed E-state index contributed by atoms with van der Waals surface area (Å²) < 4.78 is 5.97. The molecule has 3 saturated carbocycles. The number of nitrogens with zero attached hydrogens (tertiary/aromatic N) is 1. The molecule has 1 aliphatic heterocycles. The van der Waals surface area contributed by atoms with Crippen molar-refractivity contribution in [1.82, 2.24) is 4.90 Å². The quantitative estimate of drug-likeness (QED) is 0.643. The van der Waals surface area contributed by atoms with Crippen LogP contribution in [0.5, 0.6) is 5.75 Å². The molecule has 0 radical (unpaired) electrons. The highest BCUT2D eigenvalue weighted by atomic mass is 16.5. The first-order valence-electron chi connectivity index (χ1n) is 12.3. The van der Waals surface area contributed by atoms with Crippen LogP contribution in [0.15, 0.2) is 60.7 Å². The number of ether oxygens (including phenoxy) is 1. The van der Waals surface area contributed by atoms with Gasteiger partial charge in [-0.3, -0.25) is 4.79 Å². The van der Waals surface area contributed by atoms with Gasteiger partial charge in [0.25, 0.3) is 0 Å². The van der Waals surface area contributed by atoms with Crippen molar-refractivity contribution in [3.05, 3.63) is 66.2 Å². The van der Waals surface area contributed by atoms with E-state index in [1.54, 1.807) is 0 Å². The average Bonchev–Trinajstić information content (AvgIpc) is 3.30. The highest BCUT2D eigenvalue weighted by Crippen LogP contribution is 2.63. The Bertz CT molecular complexity index is 887. The van der Waals surface area contributed by atoms with Gasteiger partial charge in [-0.15, -0.1) is 0 Å². The Morgan fingerprint density at radius 1 is 0.774 bits per heavy atom. The summed E-state index contributed by atoms with van der Waals surface area (Å²) in [5.74, 6) is 5.55. The summed E-state index contributed by atoms with van der Waals surface area (Å²) in [5.41, 5.74) is 1.53. The fourth-order valence-corrected chi connectivity index (χ4v) is 6.88. The third kappa shape index (κ3) is 3.77. The minimum atomic E-state index is 0.164. The molecule has 31 heavy (non-hydrogen) atoms. The first-order valence-corrected chi connectivity index (χ1v) is 12.3. The molecule has 0 N–H and O–H groups in total. The van der Waals surface area contributed by atoms with E-state index in [-0.39, 0.29) is 6.10 Å². The number of para-hydroxylation sites is 1. The predicted octanol–water partition coefficient (Wildman–Crippen LogP) is 5.52. The summed E-state index contributed by atoms with van der Waals surface area (Å²) in [5, 5.41) is 0. The van der Waals surface area contributed by atoms with Gasteiger partial charge in [0, 0.05) is 5.92 Å². The summed E-state index contributed by atoms with van der Waals surface area (Å²) in [7, 11) is 0. The van der Waals surface area contributed by atoms with E-state index in [9.17, 15) is 4.79 Å². The molecule has 162 valence electrons. The Kier molecular flexibility index (Phi) is 5.01. The van der Waals surface area contributed by atoms with Crippen LogP contribution in [0.3, 0.4) is 0 Å². The van der Waals surface area contributed by atoms with Crippen LogP contribution >= 0.6 is 0 Å². The number of benzene rings is 2. The molecule has 0 spiro atoms. The molecule has 2 unspecified atom stereocenters. The van der Waals surface area contributed by atoms with E-state index in [0.717, 1.165) is 36.6 Å². The van der Waals surface area contributed by atoms with Gasteiger partial charge >= 0.3 is 0 Å². The lowest BCUT2D eigenvalue weighted by Gasteiger charge is -2.39. The molecule has 4 fully saturated rings. The van der Waals surface area contributed by atoms with Crippen molar-refractivity contribution in [1.29, 1.82) is 0 Å². The largest absolute Gasteiger partial charge is 0.487 e. The smallest absolute Gasteiger partial charge is 0.226 e. The third-order valence-electron chi connectivity index (χ3n) is 8.68. The molecule has 0 aromatic heterocycles. The number of rotatable bonds is 5. The average molecular weight is 416 g/mol. The zero-order chi connectivity index (χ0) is 20.8. The second kappa shape index (κ2) is 8.00. The standard InChI is InChI=1S/C28H33NO2/c30-28(29-17-24(18-29)31-23-9-5-2-6-10-23)27-25-15-22(16-26(25)27)21-13-11-20(12-14-21)19-7-3-1-4-8-19/h1-10,20-22,24-27H,11-18H2/t20?,21?,22?,25-,26+,27?. The molecule has 4 aliphatic rings. The van der Waals surface area contributed by atoms with Crippen LogP contribution in [0.4, 0.5) is 0 Å². The van der Waals surface area contributed by atoms with Crippen molar-refractivity contribution in [2.75, 3.05) is 13.1 Å². The Hall–Kier alpha value is -2.29. The molecular formula is C28H33NO2. The van der Waals surface area contributed by atoms with Gasteiger partial charge in [0.15, 0.2) is 0 Å². The number of carbonyl (C=O) groups excluding carboxylic acids is 1. The van der Waals surface area contributed by atoms with E-state index in [1.165, 1.54) is 44.1 Å². The molecular weight excluding hydrogens is 382 g/mol. The van der Waals surface area contributed by atoms with Crippen LogP contribution in [0.2, 0.25) is 0 Å². The lowest BCUT2D eigenvalue weighted by Crippen LogP contribution is -2.57. The SMILES string of the molecule is O=C(C1[C@H]2CC(C3CCC(c4ccccc4)CC3)C[C@@H]12)N1CC(Oc2ccccc2)C1. The summed E-state index contributed by atoms with van der Waals surface area (Å²) in [6.45, 7) is 1.52. The van der Waals surface area contributed by atoms with Crippen LogP contribution in [-0.4, -0.2) is 30.0 Å². The molecule has 1 saturated heterocycles. The summed E-state index contributed by atoms with van der Waals surface area (Å²) in [6.07, 6.45) is 8.23. The monoisotopic (exact) mass is 415 g/mol. The fraction of sp³-hybridized carbons (Fsp3) is 0.536. The van der Waals surface area contributed by atoms with E-state index in [2.05, 4.69) is 30.3 Å². The Labute approximate surface area is 185 Å². The second-order valence-electron chi connectivity index (χ2n) is 10.4. The number of hydrogen-bond acceptors (Lipinski definition) is 2. The Balaban J connectivity index is 0.945. The molecule has 3 heteroatoms. The maximum atomic E-state index is 13.0. The first kappa shape index (κ1) is 19.4. The maximum absolute atomic E-state index is 13.0. The maximum Gasteiger partial charge on any atom is 0.226 e. The van der Waals surface area contributed by atoms with Crippen LogP contribution in [0.25, 0.3) is 0 Å². The molecule has 1 amide bonds. The summed E-state index contributed by atoms with van der Waals surface area (Å²) in [4.78, 5) is 15.0. The molecule has 3 aliphatic carbocycles. The van der Waals surface area contributed by atoms with Crippen molar-refractivity contribution in [2.24, 2.45) is 29.6 Å². The minimum Gasteiger partial charge on any atom is -0.487 e. The molecule has 4 atom stereocenters. The molecule has 2 aromatic rings. The number of likely N-dealkylation sites (tertiary alicyclic amines) is 1. The molecule has 0 bridgehead atoms. The van der Waals surface area contributed by atoms with Crippen molar-refractivity contribution in [3.63, 3.8) is 0 Å². The zero-order valence-electron chi connectivity index (χ0n) is 18.2. The van der Waals surface area contributed by atoms with Crippen molar-refractivity contribution >= 4 is 5.91 Å². The lowest BCUT2D eigenvalue weighted by atomic mass is 9.72.